The zero-order valence-corrected chi connectivity index (χ0v) is 21.5. The van der Waals surface area contributed by atoms with Crippen molar-refractivity contribution in [2.75, 3.05) is 5.73 Å². The van der Waals surface area contributed by atoms with E-state index in [2.05, 4.69) is 10.1 Å². The van der Waals surface area contributed by atoms with E-state index < -0.39 is 42.4 Å². The van der Waals surface area contributed by atoms with E-state index in [0.29, 0.717) is 18.4 Å². The van der Waals surface area contributed by atoms with Gasteiger partial charge in [0.2, 0.25) is 0 Å². The Morgan fingerprint density at radius 1 is 1.23 bits per heavy atom. The molecule has 39 heavy (non-hydrogen) atoms. The quantitative estimate of drug-likeness (QED) is 0.205. The second-order valence-electron chi connectivity index (χ2n) is 9.58. The number of nitrogens with two attached hydrogens (primary N) is 1. The van der Waals surface area contributed by atoms with Gasteiger partial charge in [0.15, 0.2) is 11.9 Å². The minimum atomic E-state index is -4.79. The molecule has 0 radical (unpaired) electrons. The molecule has 2 aliphatic rings. The highest BCUT2D eigenvalue weighted by molar-refractivity contribution is 7.49. The van der Waals surface area contributed by atoms with Gasteiger partial charge in [-0.3, -0.25) is 14.6 Å². The fraction of sp³-hybridized carbons (Fsp3) is 0.435. The molecule has 5 atom stereocenters. The molecule has 1 saturated carbocycles. The van der Waals surface area contributed by atoms with Crippen molar-refractivity contribution in [1.29, 1.82) is 5.26 Å². The maximum absolute atomic E-state index is 14.1. The molecule has 0 amide bonds. The smallest absolute Gasteiger partial charge is 0.404 e. The van der Waals surface area contributed by atoms with Crippen LogP contribution >= 0.6 is 7.82 Å². The maximum atomic E-state index is 14.1. The van der Waals surface area contributed by atoms with Gasteiger partial charge in [-0.15, -0.1) is 0 Å². The number of hydrogen-bond acceptors (Lipinski definition) is 13. The van der Waals surface area contributed by atoms with Gasteiger partial charge in [-0.1, -0.05) is 12.8 Å². The van der Waals surface area contributed by atoms with E-state index in [1.807, 2.05) is 0 Å². The first-order valence-electron chi connectivity index (χ1n) is 12.0. The van der Waals surface area contributed by atoms with E-state index in [0.717, 1.165) is 25.0 Å². The molecule has 1 aliphatic carbocycles. The highest BCUT2D eigenvalue weighted by Crippen LogP contribution is 2.60. The standard InChI is InChI=1S/C23H25N6O9P/c1-22(10-2-3-11-22)37-39(34,36-15-6-4-14(5-7-15)29(32)33)38-23(12-24)20(31)18(30)19(35-23)16-8-9-17-21(25)26-13-27-28(16)17/h4-9,13,18-20,30-31H,2-3,10-11H2,1H3,(H2,25,26,27)/t18-,19-,20-,23+,39?/m0/s1. The number of aliphatic hydroxyl groups excluding tert-OH is 2. The largest absolute Gasteiger partial charge is 0.534 e. The van der Waals surface area contributed by atoms with Gasteiger partial charge < -0.3 is 25.2 Å². The molecule has 0 bridgehead atoms. The van der Waals surface area contributed by atoms with Crippen LogP contribution in [0, 0.1) is 21.4 Å². The van der Waals surface area contributed by atoms with Gasteiger partial charge in [-0.2, -0.15) is 10.4 Å². The van der Waals surface area contributed by atoms with Gasteiger partial charge >= 0.3 is 7.82 Å². The van der Waals surface area contributed by atoms with Crippen molar-refractivity contribution in [2.24, 2.45) is 0 Å². The highest BCUT2D eigenvalue weighted by atomic mass is 31.2. The highest BCUT2D eigenvalue weighted by Gasteiger charge is 2.62. The normalized spacial score (nSPS) is 27.7. The lowest BCUT2D eigenvalue weighted by atomic mass is 10.0. The van der Waals surface area contributed by atoms with Gasteiger partial charge in [0, 0.05) is 12.1 Å². The van der Waals surface area contributed by atoms with Crippen LogP contribution < -0.4 is 10.3 Å². The Labute approximate surface area is 221 Å². The number of hydrogen-bond donors (Lipinski definition) is 3. The molecule has 5 rings (SSSR count). The lowest BCUT2D eigenvalue weighted by Crippen LogP contribution is -2.44. The van der Waals surface area contributed by atoms with E-state index in [9.17, 15) is 30.2 Å². The average Bonchev–Trinajstić information content (AvgIpc) is 3.58. The molecule has 4 N–H and O–H groups in total. The Bertz CT molecular complexity index is 1490. The van der Waals surface area contributed by atoms with Crippen molar-refractivity contribution in [2.45, 2.75) is 62.3 Å². The van der Waals surface area contributed by atoms with Gasteiger partial charge in [0.05, 0.1) is 16.2 Å². The molecule has 1 saturated heterocycles. The van der Waals surface area contributed by atoms with Gasteiger partial charge in [-0.05, 0) is 44.0 Å². The Hall–Kier alpha value is -3.64. The Kier molecular flexibility index (Phi) is 6.79. The molecule has 1 unspecified atom stereocenters. The summed E-state index contributed by atoms with van der Waals surface area (Å²) < 4.78 is 38.2. The number of anilines is 1. The van der Waals surface area contributed by atoms with Crippen LogP contribution in [0.5, 0.6) is 5.75 Å². The predicted molar refractivity (Wildman–Crippen MR) is 132 cm³/mol. The van der Waals surface area contributed by atoms with Gasteiger partial charge in [-0.25, -0.2) is 18.6 Å². The van der Waals surface area contributed by atoms with E-state index in [-0.39, 0.29) is 22.9 Å². The lowest BCUT2D eigenvalue weighted by molar-refractivity contribution is -0.384. The van der Waals surface area contributed by atoms with Crippen molar-refractivity contribution in [3.63, 3.8) is 0 Å². The number of nitriles is 1. The predicted octanol–water partition coefficient (Wildman–Crippen LogP) is 2.79. The van der Waals surface area contributed by atoms with E-state index >= 15 is 0 Å². The van der Waals surface area contributed by atoms with Gasteiger partial charge in [0.25, 0.3) is 11.5 Å². The molecule has 2 aromatic heterocycles. The topological polar surface area (TPSA) is 218 Å². The van der Waals surface area contributed by atoms with Crippen molar-refractivity contribution >= 4 is 24.8 Å². The molecule has 1 aromatic carbocycles. The number of aliphatic hydroxyl groups is 2. The Morgan fingerprint density at radius 2 is 1.92 bits per heavy atom. The molecule has 3 aromatic rings. The molecular weight excluding hydrogens is 535 g/mol. The number of ether oxygens (including phenoxy) is 1. The average molecular weight is 560 g/mol. The summed E-state index contributed by atoms with van der Waals surface area (Å²) in [5, 5.41) is 47.1. The first-order valence-corrected chi connectivity index (χ1v) is 13.4. The second-order valence-corrected chi connectivity index (χ2v) is 11.0. The Balaban J connectivity index is 1.49. The van der Waals surface area contributed by atoms with E-state index in [1.165, 1.54) is 29.0 Å². The summed E-state index contributed by atoms with van der Waals surface area (Å²) in [6, 6.07) is 9.38. The van der Waals surface area contributed by atoms with E-state index in [1.54, 1.807) is 19.1 Å². The summed E-state index contributed by atoms with van der Waals surface area (Å²) in [5.41, 5.74) is 5.28. The van der Waals surface area contributed by atoms with Crippen molar-refractivity contribution in [1.82, 2.24) is 14.6 Å². The molecule has 1 aliphatic heterocycles. The van der Waals surface area contributed by atoms with Crippen molar-refractivity contribution < 1.29 is 38.0 Å². The monoisotopic (exact) mass is 560 g/mol. The number of non-ortho nitro benzene ring substituents is 1. The van der Waals surface area contributed by atoms with Crippen LogP contribution in [0.25, 0.3) is 5.52 Å². The maximum Gasteiger partial charge on any atom is 0.534 e. The fourth-order valence-electron chi connectivity index (χ4n) is 4.79. The van der Waals surface area contributed by atoms with Crippen LogP contribution in [-0.4, -0.2) is 53.3 Å². The number of phosphoric acid groups is 1. The molecular formula is C23H25N6O9P. The minimum Gasteiger partial charge on any atom is -0.404 e. The number of nitro groups is 1. The third kappa shape index (κ3) is 4.94. The zero-order valence-electron chi connectivity index (χ0n) is 20.6. The van der Waals surface area contributed by atoms with Crippen LogP contribution in [0.3, 0.4) is 0 Å². The lowest BCUT2D eigenvalue weighted by Gasteiger charge is -2.33. The van der Waals surface area contributed by atoms with Crippen LogP contribution in [0.15, 0.2) is 42.7 Å². The first-order chi connectivity index (χ1) is 18.5. The minimum absolute atomic E-state index is 0.118. The SMILES string of the molecule is CC1(OP(=O)(Oc2ccc([N+](=O)[O-])cc2)O[C@@]2(C#N)O[C@@H](c3ccc4c(N)ncnn34)[C@H](O)[C@@H]2O)CCCC1. The van der Waals surface area contributed by atoms with E-state index in [4.69, 9.17) is 24.0 Å². The number of nitro benzene ring substituents is 1. The van der Waals surface area contributed by atoms with Crippen molar-refractivity contribution in [3.8, 4) is 11.8 Å². The summed E-state index contributed by atoms with van der Waals surface area (Å²) in [6.45, 7) is 1.70. The third-order valence-electron chi connectivity index (χ3n) is 6.79. The molecule has 16 heteroatoms. The van der Waals surface area contributed by atoms with Gasteiger partial charge in [0.1, 0.15) is 35.9 Å². The number of fused-ring (bicyclic) bond motifs is 1. The van der Waals surface area contributed by atoms with Crippen LogP contribution in [-0.2, 0) is 18.3 Å². The number of nitrogen functional groups attached to an aromatic ring is 1. The first kappa shape index (κ1) is 26.9. The number of nitrogens with zero attached hydrogens (tertiary/aromatic N) is 5. The third-order valence-corrected chi connectivity index (χ3v) is 8.38. The van der Waals surface area contributed by atoms with Crippen molar-refractivity contribution in [3.05, 3.63) is 58.5 Å². The number of phosphoric ester groups is 1. The number of benzene rings is 1. The zero-order chi connectivity index (χ0) is 28.0. The summed E-state index contributed by atoms with van der Waals surface area (Å²) in [6.07, 6.45) is -1.36. The summed E-state index contributed by atoms with van der Waals surface area (Å²) >= 11 is 0. The molecule has 206 valence electrons. The summed E-state index contributed by atoms with van der Waals surface area (Å²) in [7, 11) is -4.79. The molecule has 3 heterocycles. The second kappa shape index (κ2) is 9.83. The molecule has 2 fully saturated rings. The number of aromatic nitrogens is 3. The summed E-state index contributed by atoms with van der Waals surface area (Å²) in [4.78, 5) is 14.3. The van der Waals surface area contributed by atoms with Crippen LogP contribution in [0.1, 0.15) is 44.4 Å². The van der Waals surface area contributed by atoms with Crippen LogP contribution in [0.2, 0.25) is 0 Å². The Morgan fingerprint density at radius 3 is 2.56 bits per heavy atom. The van der Waals surface area contributed by atoms with Crippen LogP contribution in [0.4, 0.5) is 11.5 Å². The molecule has 15 nitrogen and oxygen atoms in total. The summed E-state index contributed by atoms with van der Waals surface area (Å²) in [5.74, 6) is -2.67. The fourth-order valence-corrected chi connectivity index (χ4v) is 6.53. The number of rotatable bonds is 8. The molecule has 0 spiro atoms.